The van der Waals surface area contributed by atoms with Gasteiger partial charge in [0.25, 0.3) is 0 Å². The zero-order valence-electron chi connectivity index (χ0n) is 15.4. The predicted molar refractivity (Wildman–Crippen MR) is 98.0 cm³/mol. The number of aryl methyl sites for hydroxylation is 2. The Morgan fingerprint density at radius 1 is 1.23 bits per heavy atom. The fraction of sp³-hybridized carbons (Fsp3) is 0.667. The lowest BCUT2D eigenvalue weighted by Crippen LogP contribution is -2.42. The molecule has 0 saturated carbocycles. The van der Waals surface area contributed by atoms with Crippen LogP contribution in [0.3, 0.4) is 0 Å². The van der Waals surface area contributed by atoms with Crippen LogP contribution in [-0.2, 0) is 19.5 Å². The number of nitrogens with one attached hydrogen (secondary N) is 1. The number of anilines is 1. The Labute approximate surface area is 153 Å². The van der Waals surface area contributed by atoms with Gasteiger partial charge in [-0.1, -0.05) is 6.42 Å². The summed E-state index contributed by atoms with van der Waals surface area (Å²) in [6.45, 7) is 5.23. The molecule has 1 saturated heterocycles. The summed E-state index contributed by atoms with van der Waals surface area (Å²) >= 11 is 0. The summed E-state index contributed by atoms with van der Waals surface area (Å²) in [4.78, 5) is 14.6. The molecule has 0 bridgehead atoms. The smallest absolute Gasteiger partial charge is 0.323 e. The maximum Gasteiger partial charge on any atom is 0.323 e. The average molecular weight is 357 g/mol. The van der Waals surface area contributed by atoms with Crippen molar-refractivity contribution in [2.75, 3.05) is 18.4 Å². The second kappa shape index (κ2) is 7.47. The Kier molecular flexibility index (Phi) is 4.90. The molecule has 2 aromatic rings. The number of likely N-dealkylation sites (tertiary alicyclic amines) is 1. The Morgan fingerprint density at radius 2 is 2.15 bits per heavy atom. The number of urea groups is 1. The van der Waals surface area contributed by atoms with Gasteiger partial charge in [-0.05, 0) is 32.6 Å². The second-order valence-corrected chi connectivity index (χ2v) is 7.18. The van der Waals surface area contributed by atoms with Crippen molar-refractivity contribution in [1.29, 1.82) is 0 Å². The molecular formula is C18H27N7O. The topological polar surface area (TPSA) is 80.9 Å². The maximum atomic E-state index is 12.7. The molecule has 4 heterocycles. The Morgan fingerprint density at radius 3 is 3.04 bits per heavy atom. The van der Waals surface area contributed by atoms with Gasteiger partial charge in [-0.25, -0.2) is 9.48 Å². The summed E-state index contributed by atoms with van der Waals surface area (Å²) in [5.41, 5.74) is 0. The fourth-order valence-corrected chi connectivity index (χ4v) is 4.06. The van der Waals surface area contributed by atoms with E-state index in [-0.39, 0.29) is 11.9 Å². The van der Waals surface area contributed by atoms with Gasteiger partial charge < -0.3 is 9.47 Å². The first-order valence-electron chi connectivity index (χ1n) is 9.76. The molecule has 1 fully saturated rings. The van der Waals surface area contributed by atoms with Crippen LogP contribution in [0.1, 0.15) is 56.6 Å². The van der Waals surface area contributed by atoms with Crippen LogP contribution in [0.4, 0.5) is 10.6 Å². The summed E-state index contributed by atoms with van der Waals surface area (Å²) in [5, 5.41) is 16.1. The Hall–Kier alpha value is -2.38. The van der Waals surface area contributed by atoms with Crippen molar-refractivity contribution in [2.45, 2.75) is 64.5 Å². The van der Waals surface area contributed by atoms with Gasteiger partial charge in [0.05, 0.1) is 6.20 Å². The van der Waals surface area contributed by atoms with Crippen LogP contribution in [0.5, 0.6) is 0 Å². The van der Waals surface area contributed by atoms with Gasteiger partial charge in [0, 0.05) is 44.6 Å². The van der Waals surface area contributed by atoms with Crippen LogP contribution in [0, 0.1) is 0 Å². The highest BCUT2D eigenvalue weighted by Crippen LogP contribution is 2.28. The molecule has 2 aliphatic rings. The molecule has 2 aliphatic heterocycles. The predicted octanol–water partition coefficient (Wildman–Crippen LogP) is 2.63. The van der Waals surface area contributed by atoms with Crippen molar-refractivity contribution in [3.05, 3.63) is 23.9 Å². The van der Waals surface area contributed by atoms with Crippen LogP contribution in [0.2, 0.25) is 0 Å². The highest BCUT2D eigenvalue weighted by atomic mass is 16.2. The summed E-state index contributed by atoms with van der Waals surface area (Å²) in [7, 11) is 0. The molecule has 0 aromatic carbocycles. The van der Waals surface area contributed by atoms with Crippen molar-refractivity contribution >= 4 is 11.8 Å². The fourth-order valence-electron chi connectivity index (χ4n) is 4.06. The Balaban J connectivity index is 1.46. The SMILES string of the molecule is CCn1nccc1NC(=O)N1CCCC(c2nnc3n2CCCCC3)C1. The van der Waals surface area contributed by atoms with E-state index in [0.29, 0.717) is 6.54 Å². The van der Waals surface area contributed by atoms with Gasteiger partial charge >= 0.3 is 6.03 Å². The molecule has 1 unspecified atom stereocenters. The number of carbonyl (C=O) groups is 1. The summed E-state index contributed by atoms with van der Waals surface area (Å²) in [6.07, 6.45) is 8.43. The lowest BCUT2D eigenvalue weighted by molar-refractivity contribution is 0.190. The number of nitrogens with zero attached hydrogens (tertiary/aromatic N) is 6. The van der Waals surface area contributed by atoms with Crippen LogP contribution in [0.15, 0.2) is 12.3 Å². The zero-order valence-corrected chi connectivity index (χ0v) is 15.4. The van der Waals surface area contributed by atoms with E-state index < -0.39 is 0 Å². The molecule has 2 aromatic heterocycles. The number of amides is 2. The molecule has 0 spiro atoms. The molecule has 4 rings (SSSR count). The maximum absolute atomic E-state index is 12.7. The first-order valence-corrected chi connectivity index (χ1v) is 9.76. The van der Waals surface area contributed by atoms with E-state index in [1.54, 1.807) is 10.9 Å². The highest BCUT2D eigenvalue weighted by Gasteiger charge is 2.29. The largest absolute Gasteiger partial charge is 0.324 e. The average Bonchev–Trinajstić information content (AvgIpc) is 3.22. The molecular weight excluding hydrogens is 330 g/mol. The van der Waals surface area contributed by atoms with Gasteiger partial charge in [-0.15, -0.1) is 10.2 Å². The lowest BCUT2D eigenvalue weighted by atomic mass is 9.97. The van der Waals surface area contributed by atoms with Crippen molar-refractivity contribution in [1.82, 2.24) is 29.4 Å². The van der Waals surface area contributed by atoms with Crippen molar-refractivity contribution in [3.8, 4) is 0 Å². The number of piperidine rings is 1. The van der Waals surface area contributed by atoms with E-state index in [2.05, 4.69) is 25.2 Å². The third-order valence-electron chi connectivity index (χ3n) is 5.46. The molecule has 26 heavy (non-hydrogen) atoms. The third kappa shape index (κ3) is 3.32. The molecule has 140 valence electrons. The number of rotatable bonds is 3. The summed E-state index contributed by atoms with van der Waals surface area (Å²) < 4.78 is 4.10. The monoisotopic (exact) mass is 357 g/mol. The van der Waals surface area contributed by atoms with Crippen LogP contribution >= 0.6 is 0 Å². The van der Waals surface area contributed by atoms with Gasteiger partial charge in [0.1, 0.15) is 17.5 Å². The quantitative estimate of drug-likeness (QED) is 0.916. The summed E-state index contributed by atoms with van der Waals surface area (Å²) in [5.74, 6) is 3.20. The van der Waals surface area contributed by atoms with Crippen LogP contribution in [0.25, 0.3) is 0 Å². The molecule has 0 radical (unpaired) electrons. The van der Waals surface area contributed by atoms with E-state index in [9.17, 15) is 4.79 Å². The van der Waals surface area contributed by atoms with Crippen molar-refractivity contribution < 1.29 is 4.79 Å². The number of aromatic nitrogens is 5. The van der Waals surface area contributed by atoms with Crippen molar-refractivity contribution in [3.63, 3.8) is 0 Å². The minimum atomic E-state index is -0.0551. The molecule has 8 heteroatoms. The first kappa shape index (κ1) is 17.1. The molecule has 1 atom stereocenters. The van der Waals surface area contributed by atoms with E-state index in [0.717, 1.165) is 56.4 Å². The first-order chi connectivity index (χ1) is 12.8. The Bertz CT molecular complexity index is 765. The van der Waals surface area contributed by atoms with Crippen LogP contribution < -0.4 is 5.32 Å². The van der Waals surface area contributed by atoms with Gasteiger partial charge in [0.15, 0.2) is 0 Å². The normalized spacial score (nSPS) is 20.5. The van der Waals surface area contributed by atoms with Gasteiger partial charge in [0.2, 0.25) is 0 Å². The molecule has 2 amide bonds. The molecule has 1 N–H and O–H groups in total. The molecule has 0 aliphatic carbocycles. The minimum absolute atomic E-state index is 0.0551. The standard InChI is InChI=1S/C18H27N7O/c1-2-25-15(9-10-19-25)20-18(26)23-11-6-7-14(13-23)17-22-21-16-8-4-3-5-12-24(16)17/h9-10,14H,2-8,11-13H2,1H3,(H,20,26). The number of fused-ring (bicyclic) bond motifs is 1. The van der Waals surface area contributed by atoms with E-state index in [4.69, 9.17) is 0 Å². The lowest BCUT2D eigenvalue weighted by Gasteiger charge is -2.32. The number of hydrogen-bond donors (Lipinski definition) is 1. The molecule has 8 nitrogen and oxygen atoms in total. The second-order valence-electron chi connectivity index (χ2n) is 7.18. The highest BCUT2D eigenvalue weighted by molar-refractivity contribution is 5.88. The van der Waals surface area contributed by atoms with Gasteiger partial charge in [-0.2, -0.15) is 5.10 Å². The van der Waals surface area contributed by atoms with Gasteiger partial charge in [-0.3, -0.25) is 5.32 Å². The number of hydrogen-bond acceptors (Lipinski definition) is 4. The zero-order chi connectivity index (χ0) is 17.9. The van der Waals surface area contributed by atoms with E-state index in [1.807, 2.05) is 17.9 Å². The third-order valence-corrected chi connectivity index (χ3v) is 5.46. The minimum Gasteiger partial charge on any atom is -0.324 e. The van der Waals surface area contributed by atoms with Crippen LogP contribution in [-0.4, -0.2) is 48.6 Å². The van der Waals surface area contributed by atoms with E-state index >= 15 is 0 Å². The van der Waals surface area contributed by atoms with E-state index in [1.165, 1.54) is 19.3 Å². The number of carbonyl (C=O) groups excluding carboxylic acids is 1. The summed E-state index contributed by atoms with van der Waals surface area (Å²) in [6, 6.07) is 1.78. The van der Waals surface area contributed by atoms with Crippen molar-refractivity contribution in [2.24, 2.45) is 0 Å².